The van der Waals surface area contributed by atoms with E-state index in [0.29, 0.717) is 6.54 Å². The van der Waals surface area contributed by atoms with Crippen LogP contribution < -0.4 is 5.32 Å². The third-order valence-corrected chi connectivity index (χ3v) is 5.56. The molecular weight excluding hydrogens is 487 g/mol. The Kier molecular flexibility index (Phi) is 11.2. The topological polar surface area (TPSA) is 59.6 Å². The molecule has 0 unspecified atom stereocenters. The zero-order valence-electron chi connectivity index (χ0n) is 18.4. The highest BCUT2D eigenvalue weighted by atomic mass is 127. The molecule has 166 valence electrons. The summed E-state index contributed by atoms with van der Waals surface area (Å²) in [6.45, 7) is 5.52. The lowest BCUT2D eigenvalue weighted by molar-refractivity contribution is 0.224. The van der Waals surface area contributed by atoms with E-state index in [-0.39, 0.29) is 24.0 Å². The Balaban J connectivity index is 0.00000320. The van der Waals surface area contributed by atoms with E-state index in [1.807, 2.05) is 31.4 Å². The molecule has 0 saturated carbocycles. The van der Waals surface area contributed by atoms with Crippen molar-refractivity contribution in [2.24, 2.45) is 4.99 Å². The second-order valence-electron chi connectivity index (χ2n) is 7.90. The molecule has 3 rings (SSSR count). The number of H-pyrrole nitrogens is 1. The number of piperidine rings is 1. The van der Waals surface area contributed by atoms with Gasteiger partial charge < -0.3 is 20.1 Å². The highest BCUT2D eigenvalue weighted by molar-refractivity contribution is 14.0. The highest BCUT2D eigenvalue weighted by Crippen LogP contribution is 2.16. The van der Waals surface area contributed by atoms with Gasteiger partial charge in [0.1, 0.15) is 5.82 Å². The number of nitrogens with zero attached hydrogens (tertiary/aromatic N) is 4. The predicted octanol–water partition coefficient (Wildman–Crippen LogP) is 4.36. The lowest BCUT2D eigenvalue weighted by atomic mass is 10.1. The number of aliphatic imine (C=N–C) groups is 1. The van der Waals surface area contributed by atoms with Crippen molar-refractivity contribution in [3.05, 3.63) is 42.4 Å². The molecule has 6 nitrogen and oxygen atoms in total. The van der Waals surface area contributed by atoms with Gasteiger partial charge in [-0.25, -0.2) is 4.98 Å². The zero-order chi connectivity index (χ0) is 20.3. The number of rotatable bonds is 9. The van der Waals surface area contributed by atoms with Crippen LogP contribution in [0.2, 0.25) is 0 Å². The molecule has 0 bridgehead atoms. The minimum atomic E-state index is 0. The second kappa shape index (κ2) is 13.6. The molecular formula is C23H37IN6. The summed E-state index contributed by atoms with van der Waals surface area (Å²) >= 11 is 0. The van der Waals surface area contributed by atoms with Crippen molar-refractivity contribution in [2.45, 2.75) is 45.1 Å². The second-order valence-corrected chi connectivity index (χ2v) is 7.90. The van der Waals surface area contributed by atoms with E-state index < -0.39 is 0 Å². The summed E-state index contributed by atoms with van der Waals surface area (Å²) in [6.07, 6.45) is 9.82. The van der Waals surface area contributed by atoms with Gasteiger partial charge in [-0.15, -0.1) is 24.0 Å². The van der Waals surface area contributed by atoms with Gasteiger partial charge in [-0.05, 0) is 50.9 Å². The first-order valence-electron chi connectivity index (χ1n) is 11.0. The van der Waals surface area contributed by atoms with E-state index in [1.54, 1.807) is 0 Å². The first-order valence-corrected chi connectivity index (χ1v) is 11.0. The fourth-order valence-electron chi connectivity index (χ4n) is 3.91. The molecule has 2 aromatic rings. The summed E-state index contributed by atoms with van der Waals surface area (Å²) in [5.74, 6) is 1.86. The van der Waals surface area contributed by atoms with Gasteiger partial charge in [-0.3, -0.25) is 4.99 Å². The average Bonchev–Trinajstić information content (AvgIpc) is 3.23. The third kappa shape index (κ3) is 7.91. The van der Waals surface area contributed by atoms with Gasteiger partial charge in [-0.1, -0.05) is 43.2 Å². The number of benzene rings is 1. The normalized spacial score (nSPS) is 14.9. The summed E-state index contributed by atoms with van der Waals surface area (Å²) in [7, 11) is 3.89. The summed E-state index contributed by atoms with van der Waals surface area (Å²) in [5.41, 5.74) is 2.20. The Morgan fingerprint density at radius 3 is 2.63 bits per heavy atom. The maximum Gasteiger partial charge on any atom is 0.193 e. The van der Waals surface area contributed by atoms with Crippen molar-refractivity contribution in [1.29, 1.82) is 0 Å². The number of aromatic nitrogens is 2. The number of likely N-dealkylation sites (tertiary alicyclic amines) is 1. The summed E-state index contributed by atoms with van der Waals surface area (Å²) in [6, 6.07) is 10.3. The number of hydrogen-bond donors (Lipinski definition) is 2. The van der Waals surface area contributed by atoms with Crippen molar-refractivity contribution in [3.63, 3.8) is 0 Å². The molecule has 1 aromatic carbocycles. The maximum absolute atomic E-state index is 4.53. The minimum Gasteiger partial charge on any atom is -0.356 e. The van der Waals surface area contributed by atoms with Crippen LogP contribution in [0.15, 0.2) is 41.5 Å². The van der Waals surface area contributed by atoms with E-state index in [2.05, 4.69) is 49.3 Å². The molecule has 1 fully saturated rings. The van der Waals surface area contributed by atoms with Crippen LogP contribution in [0.4, 0.5) is 0 Å². The van der Waals surface area contributed by atoms with E-state index in [0.717, 1.165) is 29.6 Å². The monoisotopic (exact) mass is 524 g/mol. The van der Waals surface area contributed by atoms with E-state index >= 15 is 0 Å². The number of aromatic amines is 1. The molecule has 7 heteroatoms. The van der Waals surface area contributed by atoms with Gasteiger partial charge in [0.15, 0.2) is 5.96 Å². The van der Waals surface area contributed by atoms with E-state index in [4.69, 9.17) is 0 Å². The average molecular weight is 524 g/mol. The Morgan fingerprint density at radius 2 is 1.90 bits per heavy atom. The molecule has 0 amide bonds. The first kappa shape index (κ1) is 24.7. The largest absolute Gasteiger partial charge is 0.356 e. The number of halogens is 1. The molecule has 0 atom stereocenters. The minimum absolute atomic E-state index is 0. The van der Waals surface area contributed by atoms with Crippen LogP contribution in [0, 0.1) is 0 Å². The molecule has 0 aliphatic carbocycles. The lowest BCUT2D eigenvalue weighted by Gasteiger charge is -2.26. The highest BCUT2D eigenvalue weighted by Gasteiger charge is 2.11. The van der Waals surface area contributed by atoms with Gasteiger partial charge in [-0.2, -0.15) is 0 Å². The molecule has 1 aromatic heterocycles. The standard InChI is InChI=1S/C23H36N6.HI/c1-24-23(25-14-8-4-9-15-29-16-10-5-11-17-29)28(2)19-22-26-18-21(27-22)20-12-6-3-7-13-20;/h3,6-7,12-13,18H,4-5,8-11,14-17,19H2,1-2H3,(H,24,25)(H,26,27);1H. The van der Waals surface area contributed by atoms with Crippen LogP contribution >= 0.6 is 24.0 Å². The summed E-state index contributed by atoms with van der Waals surface area (Å²) < 4.78 is 0. The van der Waals surface area contributed by atoms with Crippen LogP contribution in [0.3, 0.4) is 0 Å². The van der Waals surface area contributed by atoms with Crippen molar-refractivity contribution < 1.29 is 0 Å². The maximum atomic E-state index is 4.53. The van der Waals surface area contributed by atoms with Gasteiger partial charge in [0, 0.05) is 20.6 Å². The van der Waals surface area contributed by atoms with Crippen molar-refractivity contribution >= 4 is 29.9 Å². The van der Waals surface area contributed by atoms with E-state index in [1.165, 1.54) is 58.2 Å². The number of guanidine groups is 1. The Morgan fingerprint density at radius 1 is 1.13 bits per heavy atom. The molecule has 1 aliphatic heterocycles. The van der Waals surface area contributed by atoms with Crippen LogP contribution in [-0.4, -0.2) is 66.0 Å². The number of hydrogen-bond acceptors (Lipinski definition) is 3. The first-order chi connectivity index (χ1) is 14.3. The quantitative estimate of drug-likeness (QED) is 0.222. The molecule has 2 N–H and O–H groups in total. The van der Waals surface area contributed by atoms with Gasteiger partial charge in [0.25, 0.3) is 0 Å². The Labute approximate surface area is 198 Å². The van der Waals surface area contributed by atoms with Gasteiger partial charge in [0.05, 0.1) is 18.4 Å². The Hall–Kier alpha value is -1.61. The summed E-state index contributed by atoms with van der Waals surface area (Å²) in [4.78, 5) is 17.1. The summed E-state index contributed by atoms with van der Waals surface area (Å²) in [5, 5.41) is 3.49. The van der Waals surface area contributed by atoms with Crippen molar-refractivity contribution in [1.82, 2.24) is 25.1 Å². The van der Waals surface area contributed by atoms with Crippen LogP contribution in [0.1, 0.15) is 44.3 Å². The van der Waals surface area contributed by atoms with Crippen LogP contribution in [0.5, 0.6) is 0 Å². The van der Waals surface area contributed by atoms with Crippen LogP contribution in [0.25, 0.3) is 11.3 Å². The number of unbranched alkanes of at least 4 members (excludes halogenated alkanes) is 2. The van der Waals surface area contributed by atoms with Crippen molar-refractivity contribution in [2.75, 3.05) is 40.3 Å². The van der Waals surface area contributed by atoms with Gasteiger partial charge >= 0.3 is 0 Å². The van der Waals surface area contributed by atoms with Crippen LogP contribution in [-0.2, 0) is 6.54 Å². The number of imidazole rings is 1. The zero-order valence-corrected chi connectivity index (χ0v) is 20.8. The van der Waals surface area contributed by atoms with E-state index in [9.17, 15) is 0 Å². The van der Waals surface area contributed by atoms with Crippen molar-refractivity contribution in [3.8, 4) is 11.3 Å². The third-order valence-electron chi connectivity index (χ3n) is 5.56. The Bertz CT molecular complexity index is 739. The molecule has 0 radical (unpaired) electrons. The smallest absolute Gasteiger partial charge is 0.193 e. The molecule has 1 saturated heterocycles. The molecule has 30 heavy (non-hydrogen) atoms. The fourth-order valence-corrected chi connectivity index (χ4v) is 3.91. The predicted molar refractivity (Wildman–Crippen MR) is 136 cm³/mol. The van der Waals surface area contributed by atoms with Gasteiger partial charge in [0.2, 0.25) is 0 Å². The molecule has 0 spiro atoms. The lowest BCUT2D eigenvalue weighted by Crippen LogP contribution is -2.39. The number of nitrogens with one attached hydrogen (secondary N) is 2. The molecule has 1 aliphatic rings. The fraction of sp³-hybridized carbons (Fsp3) is 0.565. The molecule has 2 heterocycles. The SMILES string of the molecule is CN=C(NCCCCCN1CCCCC1)N(C)Cc1ncc(-c2ccccc2)[nH]1.I.